The van der Waals surface area contributed by atoms with Crippen LogP contribution in [0.2, 0.25) is 0 Å². The van der Waals surface area contributed by atoms with Crippen LogP contribution in [0.5, 0.6) is 11.5 Å². The zero-order valence-electron chi connectivity index (χ0n) is 16.1. The molecule has 2 aromatic rings. The van der Waals surface area contributed by atoms with Crippen LogP contribution in [0.15, 0.2) is 48.5 Å². The third-order valence-corrected chi connectivity index (χ3v) is 4.99. The first-order chi connectivity index (χ1) is 13.2. The third kappa shape index (κ3) is 6.54. The SMILES string of the molecule is CN(CCOc1cccc(CNCc2cccc(O)c2)c1)C1CCOCC1. The molecule has 1 fully saturated rings. The van der Waals surface area contributed by atoms with Crippen molar-refractivity contribution in [3.63, 3.8) is 0 Å². The molecule has 5 nitrogen and oxygen atoms in total. The first-order valence-electron chi connectivity index (χ1n) is 9.69. The molecule has 0 radical (unpaired) electrons. The van der Waals surface area contributed by atoms with Gasteiger partial charge in [-0.2, -0.15) is 0 Å². The van der Waals surface area contributed by atoms with Crippen molar-refractivity contribution in [1.82, 2.24) is 10.2 Å². The third-order valence-electron chi connectivity index (χ3n) is 4.99. The van der Waals surface area contributed by atoms with Crippen molar-refractivity contribution in [2.75, 3.05) is 33.4 Å². The normalized spacial score (nSPS) is 15.2. The summed E-state index contributed by atoms with van der Waals surface area (Å²) < 4.78 is 11.4. The maximum atomic E-state index is 9.52. The molecule has 0 saturated carbocycles. The first kappa shape index (κ1) is 19.7. The van der Waals surface area contributed by atoms with Crippen LogP contribution in [0, 0.1) is 0 Å². The van der Waals surface area contributed by atoms with E-state index in [1.54, 1.807) is 12.1 Å². The van der Waals surface area contributed by atoms with E-state index in [-0.39, 0.29) is 0 Å². The van der Waals surface area contributed by atoms with Gasteiger partial charge in [0.05, 0.1) is 0 Å². The van der Waals surface area contributed by atoms with Gasteiger partial charge in [0.15, 0.2) is 0 Å². The summed E-state index contributed by atoms with van der Waals surface area (Å²) in [6.45, 7) is 4.82. The molecule has 1 saturated heterocycles. The Morgan fingerprint density at radius 2 is 1.78 bits per heavy atom. The predicted octanol–water partition coefficient (Wildman–Crippen LogP) is 3.17. The molecule has 0 aromatic heterocycles. The maximum Gasteiger partial charge on any atom is 0.119 e. The van der Waals surface area contributed by atoms with Crippen molar-refractivity contribution >= 4 is 0 Å². The van der Waals surface area contributed by atoms with Crippen LogP contribution < -0.4 is 10.1 Å². The molecule has 2 N–H and O–H groups in total. The molecule has 0 amide bonds. The van der Waals surface area contributed by atoms with Crippen molar-refractivity contribution in [3.05, 3.63) is 59.7 Å². The van der Waals surface area contributed by atoms with Crippen LogP contribution in [0.3, 0.4) is 0 Å². The minimum atomic E-state index is 0.301. The standard InChI is InChI=1S/C22H30N2O3/c1-24(20-8-11-26-12-9-20)10-13-27-22-7-3-5-19(15-22)17-23-16-18-4-2-6-21(25)14-18/h2-7,14-15,20,23,25H,8-13,16-17H2,1H3. The summed E-state index contributed by atoms with van der Waals surface area (Å²) in [6.07, 6.45) is 2.22. The van der Waals surface area contributed by atoms with E-state index in [4.69, 9.17) is 9.47 Å². The predicted molar refractivity (Wildman–Crippen MR) is 107 cm³/mol. The van der Waals surface area contributed by atoms with Crippen molar-refractivity contribution in [3.8, 4) is 11.5 Å². The van der Waals surface area contributed by atoms with Crippen LogP contribution >= 0.6 is 0 Å². The Morgan fingerprint density at radius 1 is 1.07 bits per heavy atom. The van der Waals surface area contributed by atoms with E-state index in [0.29, 0.717) is 18.4 Å². The van der Waals surface area contributed by atoms with Gasteiger partial charge in [0.1, 0.15) is 18.1 Å². The fourth-order valence-corrected chi connectivity index (χ4v) is 3.38. The van der Waals surface area contributed by atoms with Crippen LogP contribution in [-0.4, -0.2) is 49.5 Å². The summed E-state index contributed by atoms with van der Waals surface area (Å²) in [4.78, 5) is 2.38. The fraction of sp³-hybridized carbons (Fsp3) is 0.455. The molecule has 1 heterocycles. The molecule has 0 bridgehead atoms. The number of phenols is 1. The van der Waals surface area contributed by atoms with E-state index in [2.05, 4.69) is 29.4 Å². The Balaban J connectivity index is 1.40. The lowest BCUT2D eigenvalue weighted by atomic mass is 10.1. The highest BCUT2D eigenvalue weighted by Gasteiger charge is 2.17. The van der Waals surface area contributed by atoms with Gasteiger partial charge >= 0.3 is 0 Å². The highest BCUT2D eigenvalue weighted by molar-refractivity contribution is 5.29. The van der Waals surface area contributed by atoms with Gasteiger partial charge in [0, 0.05) is 38.9 Å². The number of ether oxygens (including phenoxy) is 2. The second-order valence-electron chi connectivity index (χ2n) is 7.09. The number of likely N-dealkylation sites (N-methyl/N-ethyl adjacent to an activating group) is 1. The molecule has 0 spiro atoms. The zero-order valence-corrected chi connectivity index (χ0v) is 16.1. The number of rotatable bonds is 9. The van der Waals surface area contributed by atoms with Gasteiger partial charge in [0.25, 0.3) is 0 Å². The van der Waals surface area contributed by atoms with Gasteiger partial charge in [-0.15, -0.1) is 0 Å². The van der Waals surface area contributed by atoms with E-state index < -0.39 is 0 Å². The zero-order chi connectivity index (χ0) is 18.9. The minimum absolute atomic E-state index is 0.301. The molecule has 3 rings (SSSR count). The highest BCUT2D eigenvalue weighted by Crippen LogP contribution is 2.16. The van der Waals surface area contributed by atoms with Gasteiger partial charge in [-0.25, -0.2) is 0 Å². The highest BCUT2D eigenvalue weighted by atomic mass is 16.5. The van der Waals surface area contributed by atoms with Crippen molar-refractivity contribution < 1.29 is 14.6 Å². The van der Waals surface area contributed by atoms with Crippen LogP contribution in [0.1, 0.15) is 24.0 Å². The smallest absolute Gasteiger partial charge is 0.119 e. The Kier molecular flexibility index (Phi) is 7.51. The Hall–Kier alpha value is -2.08. The van der Waals surface area contributed by atoms with Gasteiger partial charge in [-0.1, -0.05) is 24.3 Å². The molecular weight excluding hydrogens is 340 g/mol. The number of phenolic OH excluding ortho intramolecular Hbond substituents is 1. The molecule has 0 aliphatic carbocycles. The topological polar surface area (TPSA) is 54.0 Å². The molecule has 1 aliphatic rings. The Bertz CT molecular complexity index is 701. The fourth-order valence-electron chi connectivity index (χ4n) is 3.38. The number of hydrogen-bond donors (Lipinski definition) is 2. The van der Waals surface area contributed by atoms with Gasteiger partial charge in [0.2, 0.25) is 0 Å². The molecule has 5 heteroatoms. The lowest BCUT2D eigenvalue weighted by Crippen LogP contribution is -2.38. The summed E-state index contributed by atoms with van der Waals surface area (Å²) in [5, 5.41) is 12.9. The van der Waals surface area contributed by atoms with Crippen molar-refractivity contribution in [1.29, 1.82) is 0 Å². The summed E-state index contributed by atoms with van der Waals surface area (Å²) in [6, 6.07) is 16.1. The van der Waals surface area contributed by atoms with E-state index >= 15 is 0 Å². The average Bonchev–Trinajstić information content (AvgIpc) is 2.69. The molecule has 0 atom stereocenters. The quantitative estimate of drug-likeness (QED) is 0.710. The van der Waals surface area contributed by atoms with Crippen molar-refractivity contribution in [2.45, 2.75) is 32.0 Å². The molecular formula is C22H30N2O3. The summed E-state index contributed by atoms with van der Waals surface area (Å²) in [7, 11) is 2.17. The number of benzene rings is 2. The average molecular weight is 370 g/mol. The second-order valence-corrected chi connectivity index (χ2v) is 7.09. The number of nitrogens with zero attached hydrogens (tertiary/aromatic N) is 1. The largest absolute Gasteiger partial charge is 0.508 e. The lowest BCUT2D eigenvalue weighted by Gasteiger charge is -2.31. The molecule has 2 aromatic carbocycles. The first-order valence-corrected chi connectivity index (χ1v) is 9.69. The monoisotopic (exact) mass is 370 g/mol. The summed E-state index contributed by atoms with van der Waals surface area (Å²) >= 11 is 0. The number of nitrogens with one attached hydrogen (secondary N) is 1. The summed E-state index contributed by atoms with van der Waals surface area (Å²) in [5.74, 6) is 1.21. The van der Waals surface area contributed by atoms with Gasteiger partial charge in [-0.3, -0.25) is 4.90 Å². The lowest BCUT2D eigenvalue weighted by molar-refractivity contribution is 0.0392. The van der Waals surface area contributed by atoms with Crippen LogP contribution in [0.4, 0.5) is 0 Å². The molecule has 146 valence electrons. The molecule has 1 aliphatic heterocycles. The van der Waals surface area contributed by atoms with Crippen LogP contribution in [0.25, 0.3) is 0 Å². The number of hydrogen-bond acceptors (Lipinski definition) is 5. The van der Waals surface area contributed by atoms with E-state index in [0.717, 1.165) is 57.0 Å². The Morgan fingerprint density at radius 3 is 2.52 bits per heavy atom. The van der Waals surface area contributed by atoms with Crippen LogP contribution in [-0.2, 0) is 17.8 Å². The Labute approximate surface area is 161 Å². The van der Waals surface area contributed by atoms with Gasteiger partial charge < -0.3 is 19.9 Å². The number of aromatic hydroxyl groups is 1. The summed E-state index contributed by atoms with van der Waals surface area (Å²) in [5.41, 5.74) is 2.25. The van der Waals surface area contributed by atoms with E-state index in [1.807, 2.05) is 24.3 Å². The van der Waals surface area contributed by atoms with E-state index in [9.17, 15) is 5.11 Å². The maximum absolute atomic E-state index is 9.52. The molecule has 27 heavy (non-hydrogen) atoms. The molecule has 0 unspecified atom stereocenters. The van der Waals surface area contributed by atoms with Gasteiger partial charge in [-0.05, 0) is 55.3 Å². The minimum Gasteiger partial charge on any atom is -0.508 e. The second kappa shape index (κ2) is 10.3. The van der Waals surface area contributed by atoms with Crippen molar-refractivity contribution in [2.24, 2.45) is 0 Å². The van der Waals surface area contributed by atoms with E-state index in [1.165, 1.54) is 5.56 Å².